The Morgan fingerprint density at radius 2 is 1.18 bits per heavy atom. The summed E-state index contributed by atoms with van der Waals surface area (Å²) in [4.78, 5) is 13.4. The van der Waals surface area contributed by atoms with E-state index in [0.717, 1.165) is 12.1 Å². The SMILES string of the molecule is CC(C)(C)[Si](C)(C)O[C@@H]1[C@H](O[Si](C)(C)C(C)(C)C)[C@@H](O[Si](C)(C)C(C)(C)C)C[C@H]1n1cnc2c(Cl)ncnc21. The van der Waals surface area contributed by atoms with Gasteiger partial charge < -0.3 is 17.8 Å². The highest BCUT2D eigenvalue weighted by Gasteiger charge is 2.55. The molecule has 0 aliphatic heterocycles. The second-order valence-electron chi connectivity index (χ2n) is 15.9. The number of nitrogens with zero attached hydrogens (tertiary/aromatic N) is 4. The molecule has 0 unspecified atom stereocenters. The maximum Gasteiger partial charge on any atom is 0.192 e. The van der Waals surface area contributed by atoms with E-state index in [9.17, 15) is 0 Å². The minimum Gasteiger partial charge on any atom is -0.411 e. The fraction of sp³-hybridized carbons (Fsp3) is 0.821. The maximum absolute atomic E-state index is 7.33. The van der Waals surface area contributed by atoms with Gasteiger partial charge >= 0.3 is 0 Å². The van der Waals surface area contributed by atoms with Crippen molar-refractivity contribution in [1.82, 2.24) is 19.5 Å². The van der Waals surface area contributed by atoms with Crippen LogP contribution in [-0.2, 0) is 13.3 Å². The molecule has 222 valence electrons. The number of imidazole rings is 1. The van der Waals surface area contributed by atoms with Gasteiger partial charge in [-0.1, -0.05) is 73.9 Å². The smallest absolute Gasteiger partial charge is 0.192 e. The summed E-state index contributed by atoms with van der Waals surface area (Å²) in [6.45, 7) is 34.6. The van der Waals surface area contributed by atoms with Crippen LogP contribution in [0.1, 0.15) is 74.8 Å². The van der Waals surface area contributed by atoms with Crippen LogP contribution >= 0.6 is 11.6 Å². The minimum atomic E-state index is -2.19. The zero-order valence-electron chi connectivity index (χ0n) is 27.1. The first-order valence-electron chi connectivity index (χ1n) is 14.3. The van der Waals surface area contributed by atoms with Crippen molar-refractivity contribution in [1.29, 1.82) is 0 Å². The lowest BCUT2D eigenvalue weighted by Crippen LogP contribution is -2.55. The van der Waals surface area contributed by atoms with E-state index < -0.39 is 25.0 Å². The Balaban J connectivity index is 2.20. The number of halogens is 1. The Morgan fingerprint density at radius 1 is 0.718 bits per heavy atom. The average Bonchev–Trinajstić information content (AvgIpc) is 3.28. The summed E-state index contributed by atoms with van der Waals surface area (Å²) in [5.74, 6) is 0. The normalized spacial score (nSPS) is 24.1. The van der Waals surface area contributed by atoms with Gasteiger partial charge in [0.05, 0.1) is 30.7 Å². The standard InChI is InChI=1S/C28H53ClN4O3Si3/c1-26(2,3)37(10,11)34-20-16-19(33-18-32-21-24(29)30-17-31-25(21)33)22(35-38(12,13)27(4,5)6)23(20)36-39(14,15)28(7,8)9/h17-20,22-23H,16H2,1-15H3/t19-,20+,22+,23-/m1/s1. The molecular formula is C28H53ClN4O3Si3. The molecule has 2 aromatic rings. The van der Waals surface area contributed by atoms with Gasteiger partial charge in [0.25, 0.3) is 0 Å². The van der Waals surface area contributed by atoms with Crippen LogP contribution in [-0.4, -0.2) is 62.8 Å². The van der Waals surface area contributed by atoms with Crippen LogP contribution in [0.4, 0.5) is 0 Å². The van der Waals surface area contributed by atoms with Gasteiger partial charge in [-0.05, 0) is 60.8 Å². The third-order valence-corrected chi connectivity index (χ3v) is 23.7. The fourth-order valence-electron chi connectivity index (χ4n) is 4.27. The first kappa shape index (κ1) is 32.9. The van der Waals surface area contributed by atoms with Crippen molar-refractivity contribution in [3.8, 4) is 0 Å². The van der Waals surface area contributed by atoms with Gasteiger partial charge in [-0.2, -0.15) is 0 Å². The predicted molar refractivity (Wildman–Crippen MR) is 170 cm³/mol. The zero-order chi connectivity index (χ0) is 30.0. The van der Waals surface area contributed by atoms with Crippen molar-refractivity contribution in [2.45, 2.75) is 147 Å². The fourth-order valence-corrected chi connectivity index (χ4v) is 8.43. The molecule has 1 aliphatic carbocycles. The highest BCUT2D eigenvalue weighted by molar-refractivity contribution is 6.75. The van der Waals surface area contributed by atoms with Gasteiger partial charge in [0.1, 0.15) is 11.8 Å². The molecule has 11 heteroatoms. The summed E-state index contributed by atoms with van der Waals surface area (Å²) < 4.78 is 24.0. The lowest BCUT2D eigenvalue weighted by atomic mass is 10.2. The second kappa shape index (κ2) is 10.6. The summed E-state index contributed by atoms with van der Waals surface area (Å²) in [5.41, 5.74) is 1.34. The Bertz CT molecular complexity index is 1170. The zero-order valence-corrected chi connectivity index (χ0v) is 30.8. The van der Waals surface area contributed by atoms with Crippen LogP contribution in [0.5, 0.6) is 0 Å². The van der Waals surface area contributed by atoms with Gasteiger partial charge in [0, 0.05) is 0 Å². The van der Waals surface area contributed by atoms with Crippen LogP contribution in [0.3, 0.4) is 0 Å². The third kappa shape index (κ3) is 6.57. The molecule has 7 nitrogen and oxygen atoms in total. The van der Waals surface area contributed by atoms with E-state index in [4.69, 9.17) is 24.9 Å². The van der Waals surface area contributed by atoms with Crippen LogP contribution in [0, 0.1) is 0 Å². The van der Waals surface area contributed by atoms with E-state index in [1.165, 1.54) is 6.33 Å². The predicted octanol–water partition coefficient (Wildman–Crippen LogP) is 8.60. The number of aromatic nitrogens is 4. The van der Waals surface area contributed by atoms with E-state index in [1.54, 1.807) is 0 Å². The molecule has 0 aromatic carbocycles. The quantitative estimate of drug-likeness (QED) is 0.230. The topological polar surface area (TPSA) is 71.3 Å². The monoisotopic (exact) mass is 612 g/mol. The lowest BCUT2D eigenvalue weighted by Gasteiger charge is -2.46. The van der Waals surface area contributed by atoms with Gasteiger partial charge in [-0.3, -0.25) is 0 Å². The van der Waals surface area contributed by atoms with Crippen molar-refractivity contribution in [3.05, 3.63) is 17.8 Å². The summed E-state index contributed by atoms with van der Waals surface area (Å²) in [5, 5.41) is 0.531. The summed E-state index contributed by atoms with van der Waals surface area (Å²) in [6.07, 6.45) is 3.60. The molecule has 39 heavy (non-hydrogen) atoms. The summed E-state index contributed by atoms with van der Waals surface area (Å²) in [7, 11) is -6.48. The van der Waals surface area contributed by atoms with Gasteiger partial charge in [-0.15, -0.1) is 0 Å². The number of rotatable bonds is 7. The molecule has 2 aromatic heterocycles. The highest BCUT2D eigenvalue weighted by Crippen LogP contribution is 2.49. The van der Waals surface area contributed by atoms with Crippen molar-refractivity contribution in [2.75, 3.05) is 0 Å². The van der Waals surface area contributed by atoms with E-state index in [2.05, 4.69) is 121 Å². The second-order valence-corrected chi connectivity index (χ2v) is 30.5. The molecule has 3 rings (SSSR count). The van der Waals surface area contributed by atoms with Gasteiger partial charge in [-0.25, -0.2) is 15.0 Å². The minimum absolute atomic E-state index is 0.0416. The average molecular weight is 613 g/mol. The van der Waals surface area contributed by atoms with E-state index >= 15 is 0 Å². The Hall–Kier alpha value is -0.629. The Kier molecular flexibility index (Phi) is 8.92. The molecule has 1 aliphatic rings. The third-order valence-electron chi connectivity index (χ3n) is 9.94. The summed E-state index contributed by atoms with van der Waals surface area (Å²) in [6, 6.07) is -0.0559. The molecule has 0 N–H and O–H groups in total. The molecular weight excluding hydrogens is 560 g/mol. The van der Waals surface area contributed by atoms with Crippen molar-refractivity contribution >= 4 is 47.7 Å². The number of hydrogen-bond donors (Lipinski definition) is 0. The van der Waals surface area contributed by atoms with Gasteiger partial charge in [0.15, 0.2) is 35.8 Å². The number of fused-ring (bicyclic) bond motifs is 1. The molecule has 4 atom stereocenters. The van der Waals surface area contributed by atoms with Crippen LogP contribution in [0.2, 0.25) is 59.5 Å². The molecule has 0 saturated heterocycles. The van der Waals surface area contributed by atoms with Gasteiger partial charge in [0.2, 0.25) is 0 Å². The first-order valence-corrected chi connectivity index (χ1v) is 23.4. The molecule has 2 heterocycles. The van der Waals surface area contributed by atoms with Crippen molar-refractivity contribution in [2.24, 2.45) is 0 Å². The molecule has 0 bridgehead atoms. The first-order chi connectivity index (χ1) is 17.4. The lowest BCUT2D eigenvalue weighted by molar-refractivity contribution is -0.00648. The largest absolute Gasteiger partial charge is 0.411 e. The van der Waals surface area contributed by atoms with Crippen LogP contribution < -0.4 is 0 Å². The molecule has 1 fully saturated rings. The molecule has 0 amide bonds. The molecule has 1 saturated carbocycles. The Morgan fingerprint density at radius 3 is 1.67 bits per heavy atom. The van der Waals surface area contributed by atoms with Crippen molar-refractivity contribution < 1.29 is 13.3 Å². The number of hydrogen-bond acceptors (Lipinski definition) is 6. The maximum atomic E-state index is 7.33. The Labute approximate surface area is 245 Å². The highest BCUT2D eigenvalue weighted by atomic mass is 35.5. The van der Waals surface area contributed by atoms with E-state index in [1.807, 2.05) is 6.33 Å². The van der Waals surface area contributed by atoms with E-state index in [0.29, 0.717) is 10.7 Å². The molecule has 0 radical (unpaired) electrons. The summed E-state index contributed by atoms with van der Waals surface area (Å²) >= 11 is 6.42. The van der Waals surface area contributed by atoms with E-state index in [-0.39, 0.29) is 39.5 Å². The van der Waals surface area contributed by atoms with Crippen molar-refractivity contribution in [3.63, 3.8) is 0 Å². The van der Waals surface area contributed by atoms with Crippen LogP contribution in [0.15, 0.2) is 12.7 Å². The van der Waals surface area contributed by atoms with Crippen LogP contribution in [0.25, 0.3) is 11.2 Å². The molecule has 0 spiro atoms.